The Labute approximate surface area is 112 Å². The molecule has 0 N–H and O–H groups in total. The smallest absolute Gasteiger partial charge is 0.136 e. The molecule has 1 aliphatic carbocycles. The number of rotatable bonds is 1. The third-order valence-electron chi connectivity index (χ3n) is 3.80. The van der Waals surface area contributed by atoms with Crippen molar-refractivity contribution in [3.8, 4) is 0 Å². The van der Waals surface area contributed by atoms with Gasteiger partial charge >= 0.3 is 0 Å². The Morgan fingerprint density at radius 3 is 2.28 bits per heavy atom. The van der Waals surface area contributed by atoms with E-state index >= 15 is 0 Å². The maximum absolute atomic E-state index is 11.7. The van der Waals surface area contributed by atoms with Crippen LogP contribution in [0.2, 0.25) is 0 Å². The lowest BCUT2D eigenvalue weighted by molar-refractivity contribution is -0.119. The van der Waals surface area contributed by atoms with Gasteiger partial charge in [-0.15, -0.1) is 0 Å². The van der Waals surface area contributed by atoms with Crippen molar-refractivity contribution in [3.63, 3.8) is 0 Å². The summed E-state index contributed by atoms with van der Waals surface area (Å²) in [6, 6.07) is 0. The van der Waals surface area contributed by atoms with Gasteiger partial charge in [0.05, 0.1) is 0 Å². The average Bonchev–Trinajstić information content (AvgIpc) is 2.27. The zero-order valence-electron chi connectivity index (χ0n) is 12.1. The van der Waals surface area contributed by atoms with Gasteiger partial charge in [-0.1, -0.05) is 35.5 Å². The molecule has 1 unspecified atom stereocenters. The predicted octanol–water partition coefficient (Wildman–Crippen LogP) is 4.99. The Morgan fingerprint density at radius 1 is 1.11 bits per heavy atom. The number of ketones is 1. The van der Waals surface area contributed by atoms with Crippen molar-refractivity contribution in [1.82, 2.24) is 0 Å². The number of Topliss-reactive ketones (excluding diaryl/α,β-unsaturated/α-hetero) is 1. The normalized spacial score (nSPS) is 29.3. The minimum absolute atomic E-state index is 0.0569. The first-order valence-electron chi connectivity index (χ1n) is 7.00. The van der Waals surface area contributed by atoms with Crippen LogP contribution in [0.15, 0.2) is 35.5 Å². The predicted molar refractivity (Wildman–Crippen MR) is 78.5 cm³/mol. The van der Waals surface area contributed by atoms with Crippen LogP contribution >= 0.6 is 0 Å². The van der Waals surface area contributed by atoms with E-state index in [2.05, 4.69) is 32.6 Å². The summed E-state index contributed by atoms with van der Waals surface area (Å²) in [6.45, 7) is 10.2. The topological polar surface area (TPSA) is 17.1 Å². The van der Waals surface area contributed by atoms with E-state index in [0.717, 1.165) is 44.1 Å². The van der Waals surface area contributed by atoms with Gasteiger partial charge in [0.2, 0.25) is 0 Å². The minimum Gasteiger partial charge on any atom is -0.299 e. The highest BCUT2D eigenvalue weighted by Crippen LogP contribution is 2.25. The second-order valence-corrected chi connectivity index (χ2v) is 5.54. The standard InChI is InChI=1S/C17H26O/c1-13-7-5-8-14(2)11-12-17(16(4)18)15(3)10-6-9-13/h8-9,17H,3,5-7,10-12H2,1-2,4H3/b13-9-,14-8-. The molecule has 0 saturated heterocycles. The molecule has 0 aromatic carbocycles. The monoisotopic (exact) mass is 246 g/mol. The summed E-state index contributed by atoms with van der Waals surface area (Å²) < 4.78 is 0. The van der Waals surface area contributed by atoms with Gasteiger partial charge in [0.25, 0.3) is 0 Å². The Kier molecular flexibility index (Phi) is 6.11. The molecule has 0 bridgehead atoms. The van der Waals surface area contributed by atoms with E-state index in [4.69, 9.17) is 0 Å². The molecule has 0 amide bonds. The van der Waals surface area contributed by atoms with Crippen LogP contribution in [-0.2, 0) is 4.79 Å². The summed E-state index contributed by atoms with van der Waals surface area (Å²) in [5.41, 5.74) is 3.97. The number of carbonyl (C=O) groups excluding carboxylic acids is 1. The Morgan fingerprint density at radius 2 is 1.67 bits per heavy atom. The summed E-state index contributed by atoms with van der Waals surface area (Å²) in [6.07, 6.45) is 10.8. The van der Waals surface area contributed by atoms with Crippen LogP contribution in [0.25, 0.3) is 0 Å². The van der Waals surface area contributed by atoms with Crippen LogP contribution in [0.4, 0.5) is 0 Å². The van der Waals surface area contributed by atoms with Crippen LogP contribution in [0.1, 0.15) is 59.3 Å². The molecule has 0 saturated carbocycles. The molecular formula is C17H26O. The van der Waals surface area contributed by atoms with Gasteiger partial charge in [0.15, 0.2) is 0 Å². The van der Waals surface area contributed by atoms with E-state index in [0.29, 0.717) is 0 Å². The third kappa shape index (κ3) is 5.03. The second kappa shape index (κ2) is 7.35. The molecule has 1 nitrogen and oxygen atoms in total. The van der Waals surface area contributed by atoms with Crippen molar-refractivity contribution in [1.29, 1.82) is 0 Å². The zero-order chi connectivity index (χ0) is 13.5. The fraction of sp³-hybridized carbons (Fsp3) is 0.588. The summed E-state index contributed by atoms with van der Waals surface area (Å²) in [7, 11) is 0. The SMILES string of the molecule is C=C1CC/C=C(/C)CC/C=C(/C)CCC1C(C)=O. The first-order chi connectivity index (χ1) is 8.50. The highest BCUT2D eigenvalue weighted by atomic mass is 16.1. The third-order valence-corrected chi connectivity index (χ3v) is 3.80. The van der Waals surface area contributed by atoms with Crippen LogP contribution in [0, 0.1) is 5.92 Å². The number of hydrogen-bond donors (Lipinski definition) is 0. The quantitative estimate of drug-likeness (QED) is 0.595. The van der Waals surface area contributed by atoms with Gasteiger partial charge in [0.1, 0.15) is 5.78 Å². The lowest BCUT2D eigenvalue weighted by atomic mass is 9.87. The molecule has 0 heterocycles. The second-order valence-electron chi connectivity index (χ2n) is 5.54. The molecule has 0 radical (unpaired) electrons. The van der Waals surface area contributed by atoms with E-state index in [9.17, 15) is 4.79 Å². The first kappa shape index (κ1) is 14.9. The largest absolute Gasteiger partial charge is 0.299 e. The fourth-order valence-corrected chi connectivity index (χ4v) is 2.50. The van der Waals surface area contributed by atoms with E-state index < -0.39 is 0 Å². The Bertz CT molecular complexity index is 371. The molecule has 0 fully saturated rings. The molecular weight excluding hydrogens is 220 g/mol. The molecule has 100 valence electrons. The van der Waals surface area contributed by atoms with Gasteiger partial charge in [-0.3, -0.25) is 4.79 Å². The van der Waals surface area contributed by atoms with Gasteiger partial charge < -0.3 is 0 Å². The lowest BCUT2D eigenvalue weighted by Gasteiger charge is -2.17. The maximum atomic E-state index is 11.7. The molecule has 18 heavy (non-hydrogen) atoms. The summed E-state index contributed by atoms with van der Waals surface area (Å²) in [5, 5.41) is 0. The Balaban J connectivity index is 2.79. The molecule has 0 aromatic rings. The molecule has 0 aliphatic heterocycles. The molecule has 0 aromatic heterocycles. The van der Waals surface area contributed by atoms with Crippen LogP contribution < -0.4 is 0 Å². The van der Waals surface area contributed by atoms with Crippen molar-refractivity contribution in [2.24, 2.45) is 5.92 Å². The fourth-order valence-electron chi connectivity index (χ4n) is 2.50. The summed E-state index contributed by atoms with van der Waals surface area (Å²) >= 11 is 0. The minimum atomic E-state index is 0.0569. The van der Waals surface area contributed by atoms with Gasteiger partial charge in [-0.25, -0.2) is 0 Å². The van der Waals surface area contributed by atoms with Crippen LogP contribution in [0.5, 0.6) is 0 Å². The van der Waals surface area contributed by atoms with Crippen molar-refractivity contribution in [3.05, 3.63) is 35.5 Å². The van der Waals surface area contributed by atoms with Gasteiger partial charge in [0, 0.05) is 5.92 Å². The van der Waals surface area contributed by atoms with E-state index in [1.807, 2.05) is 0 Å². The van der Waals surface area contributed by atoms with Gasteiger partial charge in [-0.2, -0.15) is 0 Å². The van der Waals surface area contributed by atoms with E-state index in [-0.39, 0.29) is 11.7 Å². The average molecular weight is 246 g/mol. The zero-order valence-corrected chi connectivity index (χ0v) is 12.1. The number of carbonyl (C=O) groups is 1. The van der Waals surface area contributed by atoms with Crippen molar-refractivity contribution in [2.75, 3.05) is 0 Å². The molecule has 0 spiro atoms. The first-order valence-corrected chi connectivity index (χ1v) is 7.00. The van der Waals surface area contributed by atoms with Crippen molar-refractivity contribution >= 4 is 5.78 Å². The van der Waals surface area contributed by atoms with Crippen molar-refractivity contribution < 1.29 is 4.79 Å². The maximum Gasteiger partial charge on any atom is 0.136 e. The van der Waals surface area contributed by atoms with Crippen molar-refractivity contribution in [2.45, 2.75) is 59.3 Å². The van der Waals surface area contributed by atoms with Crippen LogP contribution in [0.3, 0.4) is 0 Å². The highest BCUT2D eigenvalue weighted by Gasteiger charge is 2.17. The van der Waals surface area contributed by atoms with Crippen LogP contribution in [-0.4, -0.2) is 5.78 Å². The van der Waals surface area contributed by atoms with Gasteiger partial charge in [-0.05, 0) is 59.3 Å². The Hall–Kier alpha value is -1.11. The summed E-state index contributed by atoms with van der Waals surface area (Å²) in [5.74, 6) is 0.326. The number of hydrogen-bond acceptors (Lipinski definition) is 1. The lowest BCUT2D eigenvalue weighted by Crippen LogP contribution is -2.13. The van der Waals surface area contributed by atoms with E-state index in [1.54, 1.807) is 6.92 Å². The highest BCUT2D eigenvalue weighted by molar-refractivity contribution is 5.81. The summed E-state index contributed by atoms with van der Waals surface area (Å²) in [4.78, 5) is 11.7. The van der Waals surface area contributed by atoms with E-state index in [1.165, 1.54) is 11.1 Å². The molecule has 1 atom stereocenters. The molecule has 1 rings (SSSR count). The number of allylic oxidation sites excluding steroid dienone is 5. The molecule has 1 aliphatic rings. The molecule has 1 heteroatoms.